The summed E-state index contributed by atoms with van der Waals surface area (Å²) >= 11 is 1.50. The zero-order valence-electron chi connectivity index (χ0n) is 16.0. The summed E-state index contributed by atoms with van der Waals surface area (Å²) in [5, 5.41) is 5.19. The molecule has 0 radical (unpaired) electrons. The maximum atomic E-state index is 13.4. The first-order valence-electron chi connectivity index (χ1n) is 9.31. The number of imide groups is 1. The summed E-state index contributed by atoms with van der Waals surface area (Å²) < 4.78 is 5.26. The Labute approximate surface area is 167 Å². The molecule has 4 atom stereocenters. The largest absolute Gasteiger partial charge is 0.465 e. The van der Waals surface area contributed by atoms with Crippen LogP contribution < -0.4 is 10.2 Å². The van der Waals surface area contributed by atoms with Crippen LogP contribution in [0.15, 0.2) is 41.8 Å². The lowest BCUT2D eigenvalue weighted by molar-refractivity contribution is -0.153. The van der Waals surface area contributed by atoms with Gasteiger partial charge in [0, 0.05) is 4.88 Å². The SMILES string of the molecule is CCOC(=O)[C@@]1(C)N[C@@H](c2cccs2)[C@H]2C(=O)N(c3ccc(C)cc3)C(=O)[C@@H]21. The highest BCUT2D eigenvalue weighted by Crippen LogP contribution is 2.50. The maximum Gasteiger partial charge on any atom is 0.326 e. The lowest BCUT2D eigenvalue weighted by Gasteiger charge is -2.29. The Kier molecular flexibility index (Phi) is 4.59. The molecule has 7 heteroatoms. The fourth-order valence-corrected chi connectivity index (χ4v) is 5.09. The quantitative estimate of drug-likeness (QED) is 0.633. The first kappa shape index (κ1) is 18.8. The van der Waals surface area contributed by atoms with Crippen molar-refractivity contribution >= 4 is 34.8 Å². The summed E-state index contributed by atoms with van der Waals surface area (Å²) in [5.74, 6) is -2.61. The minimum absolute atomic E-state index is 0.209. The second-order valence-corrected chi connectivity index (χ2v) is 8.39. The molecule has 2 fully saturated rings. The molecule has 28 heavy (non-hydrogen) atoms. The zero-order chi connectivity index (χ0) is 20.1. The van der Waals surface area contributed by atoms with Crippen LogP contribution in [0.2, 0.25) is 0 Å². The molecule has 2 aromatic rings. The third kappa shape index (κ3) is 2.69. The number of rotatable bonds is 4. The molecule has 2 amide bonds. The summed E-state index contributed by atoms with van der Waals surface area (Å²) in [4.78, 5) is 41.7. The van der Waals surface area contributed by atoms with Gasteiger partial charge in [0.2, 0.25) is 11.8 Å². The van der Waals surface area contributed by atoms with Gasteiger partial charge in [0.15, 0.2) is 0 Å². The van der Waals surface area contributed by atoms with E-state index < -0.39 is 29.4 Å². The number of anilines is 1. The molecule has 6 nitrogen and oxygen atoms in total. The minimum Gasteiger partial charge on any atom is -0.465 e. The lowest BCUT2D eigenvalue weighted by Crippen LogP contribution is -2.54. The first-order valence-corrected chi connectivity index (χ1v) is 10.2. The van der Waals surface area contributed by atoms with E-state index in [2.05, 4.69) is 5.32 Å². The maximum absolute atomic E-state index is 13.4. The number of amides is 2. The van der Waals surface area contributed by atoms with Gasteiger partial charge in [0.25, 0.3) is 0 Å². The number of hydrogen-bond donors (Lipinski definition) is 1. The Balaban J connectivity index is 1.80. The summed E-state index contributed by atoms with van der Waals surface area (Å²) in [5.41, 5.74) is 0.310. The normalized spacial score (nSPS) is 29.2. The molecule has 0 unspecified atom stereocenters. The molecule has 4 rings (SSSR count). The fraction of sp³-hybridized carbons (Fsp3) is 0.381. The van der Waals surface area contributed by atoms with Crippen molar-refractivity contribution in [2.75, 3.05) is 11.5 Å². The van der Waals surface area contributed by atoms with Crippen LogP contribution in [0.1, 0.15) is 30.3 Å². The molecule has 1 N–H and O–H groups in total. The number of esters is 1. The summed E-state index contributed by atoms with van der Waals surface area (Å²) in [6, 6.07) is 10.7. The first-order chi connectivity index (χ1) is 13.4. The Hall–Kier alpha value is -2.51. The van der Waals surface area contributed by atoms with Gasteiger partial charge in [-0.15, -0.1) is 11.3 Å². The number of nitrogens with one attached hydrogen (secondary N) is 1. The monoisotopic (exact) mass is 398 g/mol. The number of fused-ring (bicyclic) bond motifs is 1. The second-order valence-electron chi connectivity index (χ2n) is 7.41. The van der Waals surface area contributed by atoms with E-state index in [-0.39, 0.29) is 18.4 Å². The number of thiophene rings is 1. The number of benzene rings is 1. The van der Waals surface area contributed by atoms with E-state index in [1.807, 2.05) is 36.6 Å². The van der Waals surface area contributed by atoms with Crippen LogP contribution in [0.3, 0.4) is 0 Å². The van der Waals surface area contributed by atoms with Crippen molar-refractivity contribution < 1.29 is 19.1 Å². The molecule has 0 bridgehead atoms. The van der Waals surface area contributed by atoms with Crippen LogP contribution in [0.25, 0.3) is 0 Å². The second kappa shape index (κ2) is 6.83. The molecule has 2 saturated heterocycles. The van der Waals surface area contributed by atoms with E-state index in [9.17, 15) is 14.4 Å². The van der Waals surface area contributed by atoms with Crippen molar-refractivity contribution in [1.82, 2.24) is 5.32 Å². The molecule has 3 heterocycles. The van der Waals surface area contributed by atoms with Crippen molar-refractivity contribution in [1.29, 1.82) is 0 Å². The Morgan fingerprint density at radius 1 is 1.21 bits per heavy atom. The number of hydrogen-bond acceptors (Lipinski definition) is 6. The molecule has 0 aliphatic carbocycles. The van der Waals surface area contributed by atoms with Crippen molar-refractivity contribution in [2.24, 2.45) is 11.8 Å². The Bertz CT molecular complexity index is 924. The number of carbonyl (C=O) groups excluding carboxylic acids is 3. The van der Waals surface area contributed by atoms with Crippen LogP contribution in [-0.4, -0.2) is 29.9 Å². The molecule has 2 aliphatic heterocycles. The summed E-state index contributed by atoms with van der Waals surface area (Å²) in [6.45, 7) is 5.55. The van der Waals surface area contributed by atoms with Crippen molar-refractivity contribution in [3.8, 4) is 0 Å². The zero-order valence-corrected chi connectivity index (χ0v) is 16.8. The van der Waals surface area contributed by atoms with E-state index in [1.54, 1.807) is 26.0 Å². The van der Waals surface area contributed by atoms with Crippen LogP contribution in [0.4, 0.5) is 5.69 Å². The molecule has 146 valence electrons. The molecule has 0 saturated carbocycles. The molecule has 1 aromatic carbocycles. The van der Waals surface area contributed by atoms with Gasteiger partial charge in [0.1, 0.15) is 5.54 Å². The standard InChI is InChI=1S/C21H22N2O4S/c1-4-27-20(26)21(3)16-15(17(22-21)14-6-5-11-28-14)18(24)23(19(16)25)13-9-7-12(2)8-10-13/h5-11,15-17,22H,4H2,1-3H3/t15-,16+,17-,21-/m0/s1. The molecular formula is C21H22N2O4S. The minimum atomic E-state index is -1.26. The third-order valence-corrected chi connectivity index (χ3v) is 6.58. The average molecular weight is 398 g/mol. The number of nitrogens with zero attached hydrogens (tertiary/aromatic N) is 1. The summed E-state index contributed by atoms with van der Waals surface area (Å²) in [7, 11) is 0. The van der Waals surface area contributed by atoms with Crippen molar-refractivity contribution in [2.45, 2.75) is 32.4 Å². The number of aryl methyl sites for hydroxylation is 1. The van der Waals surface area contributed by atoms with Crippen molar-refractivity contribution in [3.63, 3.8) is 0 Å². The van der Waals surface area contributed by atoms with Gasteiger partial charge in [-0.25, -0.2) is 4.90 Å². The van der Waals surface area contributed by atoms with E-state index in [4.69, 9.17) is 4.74 Å². The highest BCUT2D eigenvalue weighted by molar-refractivity contribution is 7.10. The van der Waals surface area contributed by atoms with Gasteiger partial charge in [0.05, 0.1) is 30.2 Å². The fourth-order valence-electron chi connectivity index (χ4n) is 4.27. The van der Waals surface area contributed by atoms with Gasteiger partial charge in [-0.1, -0.05) is 23.8 Å². The van der Waals surface area contributed by atoms with Gasteiger partial charge in [-0.2, -0.15) is 0 Å². The summed E-state index contributed by atoms with van der Waals surface area (Å²) in [6.07, 6.45) is 0. The van der Waals surface area contributed by atoms with E-state index in [0.29, 0.717) is 5.69 Å². The van der Waals surface area contributed by atoms with E-state index in [0.717, 1.165) is 10.4 Å². The lowest BCUT2D eigenvalue weighted by atomic mass is 9.81. The van der Waals surface area contributed by atoms with Crippen LogP contribution >= 0.6 is 11.3 Å². The highest BCUT2D eigenvalue weighted by Gasteiger charge is 2.67. The van der Waals surface area contributed by atoms with Gasteiger partial charge in [-0.3, -0.25) is 19.7 Å². The van der Waals surface area contributed by atoms with Crippen LogP contribution in [0.5, 0.6) is 0 Å². The molecule has 2 aliphatic rings. The number of ether oxygens (including phenoxy) is 1. The van der Waals surface area contributed by atoms with E-state index in [1.165, 1.54) is 16.2 Å². The Morgan fingerprint density at radius 2 is 1.93 bits per heavy atom. The predicted molar refractivity (Wildman–Crippen MR) is 106 cm³/mol. The average Bonchev–Trinajstić information content (AvgIpc) is 3.35. The van der Waals surface area contributed by atoms with Crippen LogP contribution in [0, 0.1) is 18.8 Å². The Morgan fingerprint density at radius 3 is 2.54 bits per heavy atom. The highest BCUT2D eigenvalue weighted by atomic mass is 32.1. The van der Waals surface area contributed by atoms with Crippen molar-refractivity contribution in [3.05, 3.63) is 52.2 Å². The van der Waals surface area contributed by atoms with Crippen LogP contribution in [-0.2, 0) is 19.1 Å². The van der Waals surface area contributed by atoms with Gasteiger partial charge >= 0.3 is 5.97 Å². The molecule has 0 spiro atoms. The molecule has 1 aromatic heterocycles. The van der Waals surface area contributed by atoms with Gasteiger partial charge in [-0.05, 0) is 44.4 Å². The topological polar surface area (TPSA) is 75.7 Å². The predicted octanol–water partition coefficient (Wildman–Crippen LogP) is 2.83. The van der Waals surface area contributed by atoms with E-state index >= 15 is 0 Å². The molecular weight excluding hydrogens is 376 g/mol. The smallest absolute Gasteiger partial charge is 0.326 e. The number of carbonyl (C=O) groups is 3. The van der Waals surface area contributed by atoms with Gasteiger partial charge < -0.3 is 4.74 Å². The third-order valence-electron chi connectivity index (χ3n) is 5.63.